The number of alkyl halides is 3. The molecule has 2 atom stereocenters. The molecule has 0 saturated heterocycles. The monoisotopic (exact) mass is 306 g/mol. The van der Waals surface area contributed by atoms with Gasteiger partial charge in [0, 0.05) is 24.4 Å². The first-order chi connectivity index (χ1) is 9.42. The molecule has 2 rings (SSSR count). The molecule has 2 N–H and O–H groups in total. The molecule has 1 fully saturated rings. The SMILES string of the molecule is CNc1nc(NC2CCC(SC)C2)cc(C(F)(F)F)n1. The van der Waals surface area contributed by atoms with Gasteiger partial charge in [-0.25, -0.2) is 4.98 Å². The molecule has 0 radical (unpaired) electrons. The van der Waals surface area contributed by atoms with E-state index in [1.54, 1.807) is 11.8 Å². The maximum Gasteiger partial charge on any atom is 0.433 e. The number of rotatable bonds is 4. The van der Waals surface area contributed by atoms with Gasteiger partial charge in [-0.2, -0.15) is 29.9 Å². The Balaban J connectivity index is 2.15. The third-order valence-corrected chi connectivity index (χ3v) is 4.40. The molecule has 112 valence electrons. The van der Waals surface area contributed by atoms with Crippen LogP contribution in [0.15, 0.2) is 6.07 Å². The summed E-state index contributed by atoms with van der Waals surface area (Å²) in [6.45, 7) is 0. The van der Waals surface area contributed by atoms with Crippen molar-refractivity contribution < 1.29 is 13.2 Å². The summed E-state index contributed by atoms with van der Waals surface area (Å²) in [5.41, 5.74) is -0.932. The fourth-order valence-corrected chi connectivity index (χ4v) is 3.07. The number of hydrogen-bond acceptors (Lipinski definition) is 5. The Morgan fingerprint density at radius 1 is 1.30 bits per heavy atom. The van der Waals surface area contributed by atoms with Crippen LogP contribution in [0.5, 0.6) is 0 Å². The standard InChI is InChI=1S/C12H17F3N4S/c1-16-11-18-9(12(13,14)15)6-10(19-11)17-7-3-4-8(5-7)20-2/h6-8H,3-5H2,1-2H3,(H2,16,17,18,19). The van der Waals surface area contributed by atoms with Crippen molar-refractivity contribution in [1.82, 2.24) is 9.97 Å². The Morgan fingerprint density at radius 3 is 2.60 bits per heavy atom. The van der Waals surface area contributed by atoms with E-state index in [0.717, 1.165) is 25.3 Å². The minimum absolute atomic E-state index is 0.0262. The van der Waals surface area contributed by atoms with Crippen LogP contribution in [-0.4, -0.2) is 34.6 Å². The number of halogens is 3. The lowest BCUT2D eigenvalue weighted by molar-refractivity contribution is -0.141. The summed E-state index contributed by atoms with van der Waals surface area (Å²) >= 11 is 1.80. The van der Waals surface area contributed by atoms with Gasteiger partial charge in [0.25, 0.3) is 0 Å². The predicted octanol–water partition coefficient (Wildman–Crippen LogP) is 3.23. The second kappa shape index (κ2) is 6.07. The fraction of sp³-hybridized carbons (Fsp3) is 0.667. The van der Waals surface area contributed by atoms with Crippen LogP contribution >= 0.6 is 11.8 Å². The highest BCUT2D eigenvalue weighted by Crippen LogP contribution is 2.32. The van der Waals surface area contributed by atoms with E-state index in [9.17, 15) is 13.2 Å². The number of anilines is 2. The smallest absolute Gasteiger partial charge is 0.367 e. The molecular weight excluding hydrogens is 289 g/mol. The first-order valence-corrected chi connectivity index (χ1v) is 7.64. The van der Waals surface area contributed by atoms with E-state index in [0.29, 0.717) is 5.25 Å². The molecule has 1 saturated carbocycles. The van der Waals surface area contributed by atoms with E-state index in [4.69, 9.17) is 0 Å². The van der Waals surface area contributed by atoms with Crippen molar-refractivity contribution in [3.8, 4) is 0 Å². The molecule has 0 spiro atoms. The van der Waals surface area contributed by atoms with Crippen LogP contribution in [0.3, 0.4) is 0 Å². The molecular formula is C12H17F3N4S. The van der Waals surface area contributed by atoms with E-state index < -0.39 is 11.9 Å². The van der Waals surface area contributed by atoms with Gasteiger partial charge in [0.15, 0.2) is 5.69 Å². The summed E-state index contributed by atoms with van der Waals surface area (Å²) in [5.74, 6) is 0.199. The second-order valence-corrected chi connectivity index (χ2v) is 5.86. The van der Waals surface area contributed by atoms with E-state index in [1.807, 2.05) is 0 Å². The maximum atomic E-state index is 12.8. The highest BCUT2D eigenvalue weighted by atomic mass is 32.2. The van der Waals surface area contributed by atoms with Crippen molar-refractivity contribution in [2.75, 3.05) is 23.9 Å². The van der Waals surface area contributed by atoms with Crippen LogP contribution in [-0.2, 0) is 6.18 Å². The molecule has 8 heteroatoms. The van der Waals surface area contributed by atoms with Crippen molar-refractivity contribution in [3.63, 3.8) is 0 Å². The Kier molecular flexibility index (Phi) is 4.62. The van der Waals surface area contributed by atoms with E-state index in [1.165, 1.54) is 7.05 Å². The summed E-state index contributed by atoms with van der Waals surface area (Å²) in [5, 5.41) is 6.22. The summed E-state index contributed by atoms with van der Waals surface area (Å²) in [4.78, 5) is 7.48. The molecule has 0 aromatic carbocycles. The second-order valence-electron chi connectivity index (χ2n) is 4.72. The van der Waals surface area contributed by atoms with Crippen LogP contribution in [0.4, 0.5) is 24.9 Å². The van der Waals surface area contributed by atoms with Gasteiger partial charge in [-0.15, -0.1) is 0 Å². The minimum atomic E-state index is -4.47. The molecule has 1 aromatic rings. The molecule has 0 amide bonds. The van der Waals surface area contributed by atoms with Gasteiger partial charge in [-0.1, -0.05) is 0 Å². The van der Waals surface area contributed by atoms with Crippen LogP contribution in [0.1, 0.15) is 25.0 Å². The van der Waals surface area contributed by atoms with Crippen molar-refractivity contribution in [2.24, 2.45) is 0 Å². The highest BCUT2D eigenvalue weighted by Gasteiger charge is 2.34. The van der Waals surface area contributed by atoms with Gasteiger partial charge in [-0.3, -0.25) is 0 Å². The van der Waals surface area contributed by atoms with Crippen molar-refractivity contribution in [3.05, 3.63) is 11.8 Å². The average Bonchev–Trinajstić information content (AvgIpc) is 2.85. The first kappa shape index (κ1) is 15.2. The van der Waals surface area contributed by atoms with Crippen molar-refractivity contribution >= 4 is 23.5 Å². The number of nitrogens with zero attached hydrogens (tertiary/aromatic N) is 2. The van der Waals surface area contributed by atoms with Gasteiger partial charge in [0.2, 0.25) is 5.95 Å². The molecule has 2 unspecified atom stereocenters. The zero-order valence-corrected chi connectivity index (χ0v) is 12.1. The fourth-order valence-electron chi connectivity index (χ4n) is 2.27. The van der Waals surface area contributed by atoms with Crippen LogP contribution in [0.2, 0.25) is 0 Å². The van der Waals surface area contributed by atoms with Crippen molar-refractivity contribution in [2.45, 2.75) is 36.7 Å². The zero-order valence-electron chi connectivity index (χ0n) is 11.3. The molecule has 0 aliphatic heterocycles. The quantitative estimate of drug-likeness (QED) is 0.894. The maximum absolute atomic E-state index is 12.8. The third kappa shape index (κ3) is 3.68. The summed E-state index contributed by atoms with van der Waals surface area (Å²) in [6, 6.07) is 1.14. The van der Waals surface area contributed by atoms with Gasteiger partial charge in [0.05, 0.1) is 0 Å². The minimum Gasteiger partial charge on any atom is -0.367 e. The molecule has 20 heavy (non-hydrogen) atoms. The molecule has 4 nitrogen and oxygen atoms in total. The third-order valence-electron chi connectivity index (χ3n) is 3.31. The van der Waals surface area contributed by atoms with Crippen LogP contribution in [0.25, 0.3) is 0 Å². The number of aromatic nitrogens is 2. The summed E-state index contributed by atoms with van der Waals surface area (Å²) in [6.07, 6.45) is 0.559. The van der Waals surface area contributed by atoms with Gasteiger partial charge < -0.3 is 10.6 Å². The molecule has 1 aromatic heterocycles. The average molecular weight is 306 g/mol. The van der Waals surface area contributed by atoms with E-state index in [-0.39, 0.29) is 17.8 Å². The summed E-state index contributed by atoms with van der Waals surface area (Å²) < 4.78 is 38.3. The molecule has 1 heterocycles. The number of nitrogens with one attached hydrogen (secondary N) is 2. The van der Waals surface area contributed by atoms with E-state index >= 15 is 0 Å². The molecule has 1 aliphatic rings. The zero-order chi connectivity index (χ0) is 14.8. The van der Waals surface area contributed by atoms with Gasteiger partial charge >= 0.3 is 6.18 Å². The lowest BCUT2D eigenvalue weighted by Crippen LogP contribution is -2.19. The number of thioether (sulfide) groups is 1. The predicted molar refractivity (Wildman–Crippen MR) is 75.1 cm³/mol. The first-order valence-electron chi connectivity index (χ1n) is 6.35. The normalized spacial score (nSPS) is 22.9. The Labute approximate surface area is 120 Å². The number of hydrogen-bond donors (Lipinski definition) is 2. The summed E-state index contributed by atoms with van der Waals surface area (Å²) in [7, 11) is 1.50. The molecule has 0 bridgehead atoms. The highest BCUT2D eigenvalue weighted by molar-refractivity contribution is 7.99. The van der Waals surface area contributed by atoms with Crippen LogP contribution in [0, 0.1) is 0 Å². The lowest BCUT2D eigenvalue weighted by Gasteiger charge is -2.15. The van der Waals surface area contributed by atoms with Crippen molar-refractivity contribution in [1.29, 1.82) is 0 Å². The topological polar surface area (TPSA) is 49.8 Å². The van der Waals surface area contributed by atoms with Crippen LogP contribution < -0.4 is 10.6 Å². The Bertz CT molecular complexity index is 467. The Morgan fingerprint density at radius 2 is 2.05 bits per heavy atom. The van der Waals surface area contributed by atoms with Gasteiger partial charge in [0.1, 0.15) is 5.82 Å². The largest absolute Gasteiger partial charge is 0.433 e. The van der Waals surface area contributed by atoms with E-state index in [2.05, 4.69) is 26.9 Å². The lowest BCUT2D eigenvalue weighted by atomic mass is 10.2. The Hall–Kier alpha value is -1.18. The molecule has 1 aliphatic carbocycles. The van der Waals surface area contributed by atoms with Gasteiger partial charge in [-0.05, 0) is 25.5 Å².